The zero-order valence-electron chi connectivity index (χ0n) is 16.6. The molecule has 0 spiro atoms. The Labute approximate surface area is 171 Å². The molecule has 0 aliphatic carbocycles. The molecule has 0 aromatic heterocycles. The van der Waals surface area contributed by atoms with Crippen molar-refractivity contribution < 1.29 is 22.7 Å². The molecule has 0 bridgehead atoms. The lowest BCUT2D eigenvalue weighted by atomic mass is 10.1. The van der Waals surface area contributed by atoms with Crippen molar-refractivity contribution in [3.8, 4) is 5.75 Å². The van der Waals surface area contributed by atoms with E-state index in [1.165, 1.54) is 7.11 Å². The van der Waals surface area contributed by atoms with Gasteiger partial charge in [-0.3, -0.25) is 4.79 Å². The number of nitrogens with zero attached hydrogens (tertiary/aromatic N) is 1. The minimum absolute atomic E-state index is 0.0211. The molecule has 1 amide bonds. The minimum atomic E-state index is -3.98. The number of rotatable bonds is 7. The fourth-order valence-electron chi connectivity index (χ4n) is 3.28. The average Bonchev–Trinajstić information content (AvgIpc) is 2.74. The van der Waals surface area contributed by atoms with Gasteiger partial charge in [-0.1, -0.05) is 36.4 Å². The molecule has 8 heteroatoms. The Morgan fingerprint density at radius 2 is 1.86 bits per heavy atom. The van der Waals surface area contributed by atoms with Gasteiger partial charge >= 0.3 is 0 Å². The molecular weight excluding hydrogens is 392 g/mol. The third-order valence-corrected chi connectivity index (χ3v) is 6.30. The molecule has 1 saturated heterocycles. The van der Waals surface area contributed by atoms with Crippen LogP contribution in [-0.4, -0.2) is 58.7 Å². The van der Waals surface area contributed by atoms with E-state index in [9.17, 15) is 13.2 Å². The fraction of sp³-hybridized carbons (Fsp3) is 0.381. The van der Waals surface area contributed by atoms with E-state index in [1.54, 1.807) is 30.0 Å². The second-order valence-corrected chi connectivity index (χ2v) is 8.64. The summed E-state index contributed by atoms with van der Waals surface area (Å²) in [7, 11) is -2.56. The van der Waals surface area contributed by atoms with Crippen LogP contribution in [0.25, 0.3) is 0 Å². The van der Waals surface area contributed by atoms with Crippen LogP contribution in [0.3, 0.4) is 0 Å². The molecule has 0 unspecified atom stereocenters. The number of carbonyl (C=O) groups is 1. The van der Waals surface area contributed by atoms with E-state index in [0.717, 1.165) is 11.1 Å². The summed E-state index contributed by atoms with van der Waals surface area (Å²) < 4.78 is 39.5. The van der Waals surface area contributed by atoms with Crippen LogP contribution >= 0.6 is 0 Å². The summed E-state index contributed by atoms with van der Waals surface area (Å²) in [5.74, 6) is -0.0206. The molecule has 1 aliphatic heterocycles. The highest BCUT2D eigenvalue weighted by Crippen LogP contribution is 2.25. The molecule has 7 nitrogen and oxygen atoms in total. The third kappa shape index (κ3) is 5.35. The van der Waals surface area contributed by atoms with E-state index in [1.807, 2.05) is 30.3 Å². The van der Waals surface area contributed by atoms with E-state index >= 15 is 0 Å². The predicted molar refractivity (Wildman–Crippen MR) is 109 cm³/mol. The summed E-state index contributed by atoms with van der Waals surface area (Å²) in [5.41, 5.74) is 1.66. The minimum Gasteiger partial charge on any atom is -0.495 e. The summed E-state index contributed by atoms with van der Waals surface area (Å²) in [6.45, 7) is 3.59. The first-order valence-electron chi connectivity index (χ1n) is 9.48. The lowest BCUT2D eigenvalue weighted by Crippen LogP contribution is -2.52. The smallest absolute Gasteiger partial charge is 0.244 e. The number of hydrogen-bond acceptors (Lipinski definition) is 5. The quantitative estimate of drug-likeness (QED) is 0.741. The van der Waals surface area contributed by atoms with Crippen LogP contribution < -0.4 is 9.46 Å². The van der Waals surface area contributed by atoms with Gasteiger partial charge in [-0.2, -0.15) is 4.72 Å². The number of carbonyl (C=O) groups excluding carboxylic acids is 1. The number of hydrogen-bond donors (Lipinski definition) is 1. The molecule has 29 heavy (non-hydrogen) atoms. The third-order valence-electron chi connectivity index (χ3n) is 4.81. The SMILES string of the molecule is COc1ccc(C)cc1S(=O)(=O)N[C@H](Cc1ccccc1)C(=O)N1CCOCC1. The van der Waals surface area contributed by atoms with Crippen molar-refractivity contribution in [1.82, 2.24) is 9.62 Å². The van der Waals surface area contributed by atoms with Crippen molar-refractivity contribution in [2.24, 2.45) is 0 Å². The summed E-state index contributed by atoms with van der Waals surface area (Å²) >= 11 is 0. The van der Waals surface area contributed by atoms with E-state index in [2.05, 4.69) is 4.72 Å². The molecule has 2 aromatic rings. The fourth-order valence-corrected chi connectivity index (χ4v) is 4.72. The van der Waals surface area contributed by atoms with Gasteiger partial charge < -0.3 is 14.4 Å². The van der Waals surface area contributed by atoms with Crippen molar-refractivity contribution in [1.29, 1.82) is 0 Å². The lowest BCUT2D eigenvalue weighted by Gasteiger charge is -2.31. The van der Waals surface area contributed by atoms with Crippen molar-refractivity contribution in [2.45, 2.75) is 24.3 Å². The van der Waals surface area contributed by atoms with Crippen LogP contribution in [-0.2, 0) is 26.0 Å². The summed E-state index contributed by atoms with van der Waals surface area (Å²) in [6, 6.07) is 13.4. The molecule has 2 aromatic carbocycles. The van der Waals surface area contributed by atoms with Crippen LogP contribution in [0.4, 0.5) is 0 Å². The summed E-state index contributed by atoms with van der Waals surface area (Å²) in [4.78, 5) is 14.8. The van der Waals surface area contributed by atoms with Crippen LogP contribution in [0.5, 0.6) is 5.75 Å². The van der Waals surface area contributed by atoms with Gasteiger partial charge in [0.25, 0.3) is 0 Å². The molecule has 0 radical (unpaired) electrons. The summed E-state index contributed by atoms with van der Waals surface area (Å²) in [5, 5.41) is 0. The van der Waals surface area contributed by atoms with Gasteiger partial charge in [0, 0.05) is 13.1 Å². The highest BCUT2D eigenvalue weighted by Gasteiger charge is 2.31. The Balaban J connectivity index is 1.91. The number of sulfonamides is 1. The number of ether oxygens (including phenoxy) is 2. The Morgan fingerprint density at radius 3 is 2.52 bits per heavy atom. The number of amides is 1. The molecule has 3 rings (SSSR count). The molecule has 0 saturated carbocycles. The van der Waals surface area contributed by atoms with Crippen LogP contribution in [0.15, 0.2) is 53.4 Å². The largest absolute Gasteiger partial charge is 0.495 e. The first-order valence-corrected chi connectivity index (χ1v) is 11.0. The molecule has 1 fully saturated rings. The maximum atomic E-state index is 13.2. The van der Waals surface area contributed by atoms with Crippen LogP contribution in [0, 0.1) is 6.92 Å². The Morgan fingerprint density at radius 1 is 1.17 bits per heavy atom. The maximum Gasteiger partial charge on any atom is 0.244 e. The first kappa shape index (κ1) is 21.3. The Hall–Kier alpha value is -2.42. The molecule has 1 N–H and O–H groups in total. The first-order chi connectivity index (χ1) is 13.9. The number of benzene rings is 2. The van der Waals surface area contributed by atoms with Crippen molar-refractivity contribution in [2.75, 3.05) is 33.4 Å². The zero-order valence-corrected chi connectivity index (χ0v) is 17.4. The number of nitrogens with one attached hydrogen (secondary N) is 1. The monoisotopic (exact) mass is 418 g/mol. The molecule has 1 aliphatic rings. The van der Waals surface area contributed by atoms with Crippen molar-refractivity contribution in [3.63, 3.8) is 0 Å². The topological polar surface area (TPSA) is 84.9 Å². The Bertz CT molecular complexity index is 941. The van der Waals surface area contributed by atoms with E-state index in [-0.39, 0.29) is 23.0 Å². The van der Waals surface area contributed by atoms with Crippen molar-refractivity contribution in [3.05, 3.63) is 59.7 Å². The van der Waals surface area contributed by atoms with Gasteiger partial charge in [0.2, 0.25) is 15.9 Å². The van der Waals surface area contributed by atoms with Gasteiger partial charge in [0.05, 0.1) is 20.3 Å². The number of aryl methyl sites for hydroxylation is 1. The van der Waals surface area contributed by atoms with Crippen LogP contribution in [0.2, 0.25) is 0 Å². The van der Waals surface area contributed by atoms with Crippen LogP contribution in [0.1, 0.15) is 11.1 Å². The highest BCUT2D eigenvalue weighted by molar-refractivity contribution is 7.89. The number of morpholine rings is 1. The van der Waals surface area contributed by atoms with E-state index in [0.29, 0.717) is 26.3 Å². The summed E-state index contributed by atoms with van der Waals surface area (Å²) in [6.07, 6.45) is 0.254. The van der Waals surface area contributed by atoms with Gasteiger partial charge in [-0.25, -0.2) is 8.42 Å². The number of methoxy groups -OCH3 is 1. The second kappa shape index (κ2) is 9.39. The van der Waals surface area contributed by atoms with Gasteiger partial charge in [0.1, 0.15) is 16.7 Å². The van der Waals surface area contributed by atoms with Gasteiger partial charge in [0.15, 0.2) is 0 Å². The van der Waals surface area contributed by atoms with E-state index < -0.39 is 16.1 Å². The molecule has 1 heterocycles. The maximum absolute atomic E-state index is 13.2. The lowest BCUT2D eigenvalue weighted by molar-refractivity contribution is -0.137. The van der Waals surface area contributed by atoms with Crippen molar-refractivity contribution >= 4 is 15.9 Å². The Kier molecular flexibility index (Phi) is 6.89. The second-order valence-electron chi connectivity index (χ2n) is 6.96. The highest BCUT2D eigenvalue weighted by atomic mass is 32.2. The molecular formula is C21H26N2O5S. The average molecular weight is 419 g/mol. The van der Waals surface area contributed by atoms with E-state index in [4.69, 9.17) is 9.47 Å². The van der Waals surface area contributed by atoms with Gasteiger partial charge in [-0.05, 0) is 36.6 Å². The zero-order chi connectivity index (χ0) is 20.9. The molecule has 156 valence electrons. The predicted octanol–water partition coefficient (Wildman–Crippen LogP) is 1.75. The van der Waals surface area contributed by atoms with Gasteiger partial charge in [-0.15, -0.1) is 0 Å². The standard InChI is InChI=1S/C21H26N2O5S/c1-16-8-9-19(27-2)20(14-16)29(25,26)22-18(15-17-6-4-3-5-7-17)21(24)23-10-12-28-13-11-23/h3-9,14,18,22H,10-13,15H2,1-2H3/t18-/m1/s1. The normalized spacial score (nSPS) is 15.7. The molecule has 1 atom stereocenters.